The maximum Gasteiger partial charge on any atom is 0.240 e. The van der Waals surface area contributed by atoms with E-state index in [1.165, 1.54) is 12.1 Å². The Morgan fingerprint density at radius 2 is 1.48 bits per heavy atom. The Bertz CT molecular complexity index is 1050. The van der Waals surface area contributed by atoms with E-state index in [9.17, 15) is 13.2 Å². The molecule has 31 heavy (non-hydrogen) atoms. The standard InChI is InChI=1S/C24H26N2O4S/c27-24(12-7-19-30-22-10-5-2-6-11-22)26-21-13-15-23(16-14-21)31(28,29)25-18-17-20-8-3-1-4-9-20/h1-6,8-11,13-16,25H,7,12,17-19H2,(H,26,27). The molecule has 0 unspecified atom stereocenters. The molecular weight excluding hydrogens is 412 g/mol. The molecule has 0 fully saturated rings. The Morgan fingerprint density at radius 3 is 2.16 bits per heavy atom. The molecular formula is C24H26N2O4S. The molecule has 3 rings (SSSR count). The van der Waals surface area contributed by atoms with E-state index in [0.717, 1.165) is 11.3 Å². The topological polar surface area (TPSA) is 84.5 Å². The Morgan fingerprint density at radius 1 is 0.839 bits per heavy atom. The lowest BCUT2D eigenvalue weighted by Gasteiger charge is -2.09. The molecule has 1 amide bonds. The van der Waals surface area contributed by atoms with Crippen LogP contribution in [0, 0.1) is 0 Å². The van der Waals surface area contributed by atoms with Crippen molar-refractivity contribution in [3.63, 3.8) is 0 Å². The van der Waals surface area contributed by atoms with Gasteiger partial charge < -0.3 is 10.1 Å². The predicted molar refractivity (Wildman–Crippen MR) is 122 cm³/mol. The van der Waals surface area contributed by atoms with Gasteiger partial charge in [0.2, 0.25) is 15.9 Å². The van der Waals surface area contributed by atoms with E-state index in [0.29, 0.717) is 38.1 Å². The monoisotopic (exact) mass is 438 g/mol. The van der Waals surface area contributed by atoms with Crippen LogP contribution in [0.1, 0.15) is 18.4 Å². The first-order valence-electron chi connectivity index (χ1n) is 10.1. The van der Waals surface area contributed by atoms with E-state index < -0.39 is 10.0 Å². The molecule has 3 aromatic rings. The molecule has 3 aromatic carbocycles. The van der Waals surface area contributed by atoms with Gasteiger partial charge in [-0.1, -0.05) is 48.5 Å². The van der Waals surface area contributed by atoms with Gasteiger partial charge in [0.1, 0.15) is 5.75 Å². The maximum absolute atomic E-state index is 12.4. The molecule has 0 aliphatic rings. The number of carbonyl (C=O) groups excluding carboxylic acids is 1. The van der Waals surface area contributed by atoms with Crippen molar-refractivity contribution in [3.8, 4) is 5.75 Å². The van der Waals surface area contributed by atoms with Gasteiger partial charge in [0.15, 0.2) is 0 Å². The minimum Gasteiger partial charge on any atom is -0.494 e. The van der Waals surface area contributed by atoms with E-state index in [2.05, 4.69) is 10.0 Å². The Kier molecular flexibility index (Phi) is 8.20. The number of hydrogen-bond acceptors (Lipinski definition) is 4. The Hall–Kier alpha value is -3.16. The van der Waals surface area contributed by atoms with Crippen LogP contribution in [0.4, 0.5) is 5.69 Å². The second kappa shape index (κ2) is 11.3. The summed E-state index contributed by atoms with van der Waals surface area (Å²) in [5.74, 6) is 0.630. The highest BCUT2D eigenvalue weighted by Crippen LogP contribution is 2.15. The molecule has 0 spiro atoms. The van der Waals surface area contributed by atoms with Crippen molar-refractivity contribution in [2.24, 2.45) is 0 Å². The van der Waals surface area contributed by atoms with Crippen LogP contribution in [0.5, 0.6) is 5.75 Å². The third-order valence-corrected chi connectivity index (χ3v) is 6.03. The summed E-state index contributed by atoms with van der Waals surface area (Å²) in [6.07, 6.45) is 1.51. The summed E-state index contributed by atoms with van der Waals surface area (Å²) in [5, 5.41) is 2.77. The molecule has 7 heteroatoms. The van der Waals surface area contributed by atoms with Gasteiger partial charge in [-0.25, -0.2) is 13.1 Å². The van der Waals surface area contributed by atoms with Crippen LogP contribution in [0.25, 0.3) is 0 Å². The average molecular weight is 439 g/mol. The lowest BCUT2D eigenvalue weighted by molar-refractivity contribution is -0.116. The number of amides is 1. The van der Waals surface area contributed by atoms with Crippen molar-refractivity contribution in [2.75, 3.05) is 18.5 Å². The molecule has 0 saturated carbocycles. The zero-order valence-electron chi connectivity index (χ0n) is 17.2. The summed E-state index contributed by atoms with van der Waals surface area (Å²) in [7, 11) is -3.60. The van der Waals surface area contributed by atoms with E-state index in [1.54, 1.807) is 12.1 Å². The number of carbonyl (C=O) groups is 1. The molecule has 0 aliphatic heterocycles. The quantitative estimate of drug-likeness (QED) is 0.443. The fraction of sp³-hybridized carbons (Fsp3) is 0.208. The molecule has 0 radical (unpaired) electrons. The molecule has 0 atom stereocenters. The highest BCUT2D eigenvalue weighted by atomic mass is 32.2. The van der Waals surface area contributed by atoms with Gasteiger partial charge in [0.25, 0.3) is 0 Å². The van der Waals surface area contributed by atoms with Crippen LogP contribution < -0.4 is 14.8 Å². The lowest BCUT2D eigenvalue weighted by atomic mass is 10.2. The molecule has 0 saturated heterocycles. The minimum atomic E-state index is -3.60. The number of rotatable bonds is 11. The second-order valence-electron chi connectivity index (χ2n) is 6.97. The number of nitrogens with one attached hydrogen (secondary N) is 2. The number of sulfonamides is 1. The molecule has 162 valence electrons. The molecule has 2 N–H and O–H groups in total. The largest absolute Gasteiger partial charge is 0.494 e. The third-order valence-electron chi connectivity index (χ3n) is 4.56. The number of anilines is 1. The summed E-state index contributed by atoms with van der Waals surface area (Å²) in [6, 6.07) is 25.3. The zero-order valence-corrected chi connectivity index (χ0v) is 18.0. The Labute approximate surface area is 183 Å². The summed E-state index contributed by atoms with van der Waals surface area (Å²) in [6.45, 7) is 0.763. The summed E-state index contributed by atoms with van der Waals surface area (Å²) < 4.78 is 33.0. The molecule has 0 aliphatic carbocycles. The Balaban J connectivity index is 1.41. The lowest BCUT2D eigenvalue weighted by Crippen LogP contribution is -2.26. The summed E-state index contributed by atoms with van der Waals surface area (Å²) in [4.78, 5) is 12.2. The van der Waals surface area contributed by atoms with Crippen LogP contribution >= 0.6 is 0 Å². The first kappa shape index (κ1) is 22.5. The number of para-hydroxylation sites is 1. The molecule has 0 aromatic heterocycles. The summed E-state index contributed by atoms with van der Waals surface area (Å²) in [5.41, 5.74) is 1.62. The van der Waals surface area contributed by atoms with Crippen molar-refractivity contribution < 1.29 is 17.9 Å². The normalized spacial score (nSPS) is 11.1. The van der Waals surface area contributed by atoms with Crippen LogP contribution in [0.3, 0.4) is 0 Å². The van der Waals surface area contributed by atoms with E-state index in [-0.39, 0.29) is 10.8 Å². The summed E-state index contributed by atoms with van der Waals surface area (Å²) >= 11 is 0. The van der Waals surface area contributed by atoms with Gasteiger partial charge in [-0.3, -0.25) is 4.79 Å². The highest BCUT2D eigenvalue weighted by Gasteiger charge is 2.13. The van der Waals surface area contributed by atoms with E-state index >= 15 is 0 Å². The van der Waals surface area contributed by atoms with Crippen LogP contribution in [-0.2, 0) is 21.2 Å². The van der Waals surface area contributed by atoms with Crippen LogP contribution in [-0.4, -0.2) is 27.5 Å². The van der Waals surface area contributed by atoms with Gasteiger partial charge >= 0.3 is 0 Å². The van der Waals surface area contributed by atoms with Crippen molar-refractivity contribution in [1.82, 2.24) is 4.72 Å². The number of ether oxygens (including phenoxy) is 1. The maximum atomic E-state index is 12.4. The predicted octanol–water partition coefficient (Wildman–Crippen LogP) is 4.01. The molecule has 0 bridgehead atoms. The smallest absolute Gasteiger partial charge is 0.240 e. The number of hydrogen-bond donors (Lipinski definition) is 2. The van der Waals surface area contributed by atoms with Gasteiger partial charge in [0, 0.05) is 18.7 Å². The zero-order chi connectivity index (χ0) is 21.9. The van der Waals surface area contributed by atoms with E-state index in [4.69, 9.17) is 4.74 Å². The van der Waals surface area contributed by atoms with Gasteiger partial charge in [0.05, 0.1) is 11.5 Å². The van der Waals surface area contributed by atoms with Crippen molar-refractivity contribution >= 4 is 21.6 Å². The van der Waals surface area contributed by atoms with E-state index in [1.807, 2.05) is 60.7 Å². The minimum absolute atomic E-state index is 0.145. The van der Waals surface area contributed by atoms with Gasteiger partial charge in [-0.2, -0.15) is 0 Å². The van der Waals surface area contributed by atoms with Gasteiger partial charge in [-0.05, 0) is 54.8 Å². The van der Waals surface area contributed by atoms with Crippen molar-refractivity contribution in [2.45, 2.75) is 24.2 Å². The fourth-order valence-electron chi connectivity index (χ4n) is 2.94. The van der Waals surface area contributed by atoms with Crippen molar-refractivity contribution in [3.05, 3.63) is 90.5 Å². The van der Waals surface area contributed by atoms with Crippen molar-refractivity contribution in [1.29, 1.82) is 0 Å². The first-order chi connectivity index (χ1) is 15.0. The first-order valence-corrected chi connectivity index (χ1v) is 11.6. The van der Waals surface area contributed by atoms with Gasteiger partial charge in [-0.15, -0.1) is 0 Å². The fourth-order valence-corrected chi connectivity index (χ4v) is 3.97. The average Bonchev–Trinajstić information content (AvgIpc) is 2.78. The SMILES string of the molecule is O=C(CCCOc1ccccc1)Nc1ccc(S(=O)(=O)NCCc2ccccc2)cc1. The number of benzene rings is 3. The molecule has 6 nitrogen and oxygen atoms in total. The molecule has 0 heterocycles. The van der Waals surface area contributed by atoms with Crippen LogP contribution in [0.15, 0.2) is 89.8 Å². The van der Waals surface area contributed by atoms with Crippen LogP contribution in [0.2, 0.25) is 0 Å². The third kappa shape index (κ3) is 7.55. The highest BCUT2D eigenvalue weighted by molar-refractivity contribution is 7.89. The second-order valence-corrected chi connectivity index (χ2v) is 8.74.